The van der Waals surface area contributed by atoms with Crippen LogP contribution in [0.25, 0.3) is 243 Å². The van der Waals surface area contributed by atoms with E-state index in [1.165, 1.54) is 232 Å². The van der Waals surface area contributed by atoms with Crippen molar-refractivity contribution in [2.24, 2.45) is 0 Å². The van der Waals surface area contributed by atoms with Gasteiger partial charge >= 0.3 is 0 Å². The van der Waals surface area contributed by atoms with Crippen molar-refractivity contribution in [2.75, 3.05) is 0 Å². The molecule has 0 saturated carbocycles. The van der Waals surface area contributed by atoms with Crippen LogP contribution in [0.4, 0.5) is 0 Å². The summed E-state index contributed by atoms with van der Waals surface area (Å²) in [5, 5.41) is 10.0. The van der Waals surface area contributed by atoms with Crippen LogP contribution in [-0.4, -0.2) is 18.3 Å². The Labute approximate surface area is 790 Å². The van der Waals surface area contributed by atoms with Crippen molar-refractivity contribution in [3.63, 3.8) is 0 Å². The summed E-state index contributed by atoms with van der Waals surface area (Å²) in [5.41, 5.74) is 43.2. The molecule has 636 valence electrons. The molecule has 0 saturated heterocycles. The van der Waals surface area contributed by atoms with Gasteiger partial charge in [-0.2, -0.15) is 0 Å². The molecular formula is C132H88N4. The average Bonchev–Trinajstić information content (AvgIpc) is 1.60. The molecule has 0 aliphatic heterocycles. The summed E-state index contributed by atoms with van der Waals surface area (Å²) >= 11 is 0. The van der Waals surface area contributed by atoms with E-state index in [4.69, 9.17) is 0 Å². The Morgan fingerprint density at radius 2 is 0.213 bits per heavy atom. The number of rotatable bonds is 16. The molecule has 0 atom stereocenters. The summed E-state index contributed by atoms with van der Waals surface area (Å²) in [6.45, 7) is 0. The van der Waals surface area contributed by atoms with Crippen LogP contribution in [0, 0.1) is 0 Å². The third kappa shape index (κ3) is 14.8. The molecule has 0 fully saturated rings. The van der Waals surface area contributed by atoms with Crippen LogP contribution in [0.3, 0.4) is 0 Å². The number of fused-ring (bicyclic) bond motifs is 12. The van der Waals surface area contributed by atoms with Crippen LogP contribution in [0.2, 0.25) is 0 Å². The van der Waals surface area contributed by atoms with Gasteiger partial charge in [0.2, 0.25) is 0 Å². The molecule has 0 bridgehead atoms. The Bertz CT molecular complexity index is 9000. The summed E-state index contributed by atoms with van der Waals surface area (Å²) < 4.78 is 9.52. The van der Waals surface area contributed by atoms with E-state index in [-0.39, 0.29) is 0 Å². The monoisotopic (exact) mass is 1730 g/mol. The molecule has 4 heteroatoms. The number of hydrogen-bond donors (Lipinski definition) is 0. The third-order valence-corrected chi connectivity index (χ3v) is 27.5. The van der Waals surface area contributed by atoms with E-state index in [9.17, 15) is 0 Å². The molecule has 4 nitrogen and oxygen atoms in total. The minimum Gasteiger partial charge on any atom is -0.309 e. The molecule has 22 aromatic carbocycles. The second-order valence-corrected chi connectivity index (χ2v) is 35.5. The van der Waals surface area contributed by atoms with Crippen molar-refractivity contribution in [3.8, 4) is 156 Å². The molecule has 4 heterocycles. The molecule has 26 aromatic rings. The predicted molar refractivity (Wildman–Crippen MR) is 575 cm³/mol. The second-order valence-electron chi connectivity index (χ2n) is 35.5. The zero-order valence-electron chi connectivity index (χ0n) is 74.6. The first-order valence-corrected chi connectivity index (χ1v) is 46.8. The largest absolute Gasteiger partial charge is 0.309 e. The summed E-state index contributed by atoms with van der Waals surface area (Å²) in [6, 6.07) is 195. The van der Waals surface area contributed by atoms with Gasteiger partial charge in [0.05, 0.1) is 44.1 Å². The van der Waals surface area contributed by atoms with Gasteiger partial charge in [-0.1, -0.05) is 376 Å². The first-order chi connectivity index (χ1) is 67.4. The number of nitrogens with zero attached hydrogens (tertiary/aromatic N) is 4. The molecule has 0 aliphatic carbocycles. The lowest BCUT2D eigenvalue weighted by Gasteiger charge is -2.11. The summed E-state index contributed by atoms with van der Waals surface area (Å²) in [7, 11) is 0. The first kappa shape index (κ1) is 80.1. The van der Waals surface area contributed by atoms with Crippen molar-refractivity contribution in [1.29, 1.82) is 0 Å². The highest BCUT2D eigenvalue weighted by Gasteiger charge is 2.22. The molecule has 4 aromatic heterocycles. The van der Waals surface area contributed by atoms with E-state index in [0.717, 1.165) is 11.4 Å². The summed E-state index contributed by atoms with van der Waals surface area (Å²) in [4.78, 5) is 0. The van der Waals surface area contributed by atoms with Crippen LogP contribution in [0.5, 0.6) is 0 Å². The maximum Gasteiger partial charge on any atom is 0.0541 e. The molecule has 26 rings (SSSR count). The van der Waals surface area contributed by atoms with Crippen LogP contribution >= 0.6 is 0 Å². The van der Waals surface area contributed by atoms with E-state index >= 15 is 0 Å². The third-order valence-electron chi connectivity index (χ3n) is 27.5. The molecule has 0 radical (unpaired) electrons. The Kier molecular flexibility index (Phi) is 20.3. The van der Waals surface area contributed by atoms with Crippen LogP contribution in [0.15, 0.2) is 534 Å². The van der Waals surface area contributed by atoms with Crippen molar-refractivity contribution in [1.82, 2.24) is 18.3 Å². The molecule has 0 unspecified atom stereocenters. The van der Waals surface area contributed by atoms with Crippen molar-refractivity contribution < 1.29 is 0 Å². The molecule has 0 N–H and O–H groups in total. The lowest BCUT2D eigenvalue weighted by atomic mass is 9.93. The smallest absolute Gasteiger partial charge is 0.0541 e. The predicted octanol–water partition coefficient (Wildman–Crippen LogP) is 35.8. The summed E-state index contributed by atoms with van der Waals surface area (Å²) in [5.74, 6) is 0. The van der Waals surface area contributed by atoms with Gasteiger partial charge in [-0.3, -0.25) is 0 Å². The van der Waals surface area contributed by atoms with Crippen LogP contribution < -0.4 is 0 Å². The lowest BCUT2D eigenvalue weighted by molar-refractivity contribution is 1.18. The topological polar surface area (TPSA) is 19.7 Å². The van der Waals surface area contributed by atoms with Crippen molar-refractivity contribution >= 4 is 87.2 Å². The Balaban J connectivity index is 0.000000145. The number of hydrogen-bond acceptors (Lipinski definition) is 0. The maximum atomic E-state index is 2.39. The fourth-order valence-electron chi connectivity index (χ4n) is 20.7. The van der Waals surface area contributed by atoms with Crippen molar-refractivity contribution in [2.45, 2.75) is 0 Å². The van der Waals surface area contributed by atoms with Gasteiger partial charge in [-0.25, -0.2) is 0 Å². The summed E-state index contributed by atoms with van der Waals surface area (Å²) in [6.07, 6.45) is 0. The van der Waals surface area contributed by atoms with Gasteiger partial charge < -0.3 is 18.3 Å². The first-order valence-electron chi connectivity index (χ1n) is 46.8. The number of benzene rings is 22. The van der Waals surface area contributed by atoms with Crippen molar-refractivity contribution in [3.05, 3.63) is 534 Å². The fourth-order valence-corrected chi connectivity index (χ4v) is 20.7. The van der Waals surface area contributed by atoms with Crippen LogP contribution in [-0.2, 0) is 0 Å². The Morgan fingerprint density at radius 1 is 0.0809 bits per heavy atom. The van der Waals surface area contributed by atoms with Gasteiger partial charge in [0, 0.05) is 65.8 Å². The fraction of sp³-hybridized carbons (Fsp3) is 0. The average molecular weight is 1730 g/mol. The lowest BCUT2D eigenvalue weighted by Crippen LogP contribution is -1.93. The normalized spacial score (nSPS) is 11.5. The standard InChI is InChI=1S/2C66H44N2/c1-4-16-45(17-5-1)54-32-35-65-61(42-54)62-44-56(34-37-66(62)68(65)58-28-8-3-9-29-58)53-25-15-23-51(41-53)49-21-13-19-47(39-49)46-18-12-20-48(38-46)50-22-14-24-52(40-50)55-33-36-64-60(43-55)59-30-10-11-31-63(59)67(64)57-26-6-2-7-27-57;1-4-12-45(13-5-1)54-36-40-65-61(43-54)62-44-56(38-41-66(62)68(65)58-16-8-3-9-17-58)53-34-30-51(31-35-53)49-26-22-47(23-27-49)46-20-24-48(25-21-46)50-28-32-52(33-29-50)55-37-39-64-60(42-55)59-18-10-11-19-63(59)67(64)57-14-6-2-7-15-57/h2*1-44H. The highest BCUT2D eigenvalue weighted by Crippen LogP contribution is 2.45. The van der Waals surface area contributed by atoms with Gasteiger partial charge in [0.25, 0.3) is 0 Å². The van der Waals surface area contributed by atoms with Gasteiger partial charge in [-0.05, 0) is 291 Å². The number of para-hydroxylation sites is 6. The maximum absolute atomic E-state index is 2.39. The van der Waals surface area contributed by atoms with E-state index in [2.05, 4.69) is 552 Å². The van der Waals surface area contributed by atoms with E-state index < -0.39 is 0 Å². The molecule has 136 heavy (non-hydrogen) atoms. The van der Waals surface area contributed by atoms with E-state index in [1.807, 2.05) is 0 Å². The second kappa shape index (κ2) is 34.4. The minimum absolute atomic E-state index is 1.16. The molecule has 0 aliphatic rings. The highest BCUT2D eigenvalue weighted by molar-refractivity contribution is 6.15. The molecule has 0 amide bonds. The Morgan fingerprint density at radius 3 is 0.426 bits per heavy atom. The Hall–Kier alpha value is -18.0. The zero-order valence-corrected chi connectivity index (χ0v) is 74.6. The minimum atomic E-state index is 1.16. The number of aromatic nitrogens is 4. The molecule has 0 spiro atoms. The van der Waals surface area contributed by atoms with Gasteiger partial charge in [-0.15, -0.1) is 0 Å². The van der Waals surface area contributed by atoms with E-state index in [0.29, 0.717) is 0 Å². The molecular weight excluding hydrogens is 1640 g/mol. The SMILES string of the molecule is c1ccc(-c2ccc3c(c2)c2cc(-c4ccc(-c5ccc(-c6ccc(-c7ccc(-c8ccc9c(c8)c8ccccc8n9-c8ccccc8)cc7)cc6)cc5)cc4)ccc2n3-c2ccccc2)cc1.c1ccc(-c2ccc3c(c2)c2cc(-c4cccc(-c5cccc(-c6cccc(-c7cccc(-c8ccc9c(c8)c8ccccc8n9-c8ccccc8)c7)c6)c5)c4)ccc2n3-c2ccccc2)cc1. The zero-order chi connectivity index (χ0) is 89.9. The quantitative estimate of drug-likeness (QED) is 0.0919. The highest BCUT2D eigenvalue weighted by atomic mass is 15.0. The van der Waals surface area contributed by atoms with E-state index in [1.54, 1.807) is 0 Å². The van der Waals surface area contributed by atoms with Crippen LogP contribution in [0.1, 0.15) is 0 Å². The van der Waals surface area contributed by atoms with Gasteiger partial charge in [0.1, 0.15) is 0 Å². The van der Waals surface area contributed by atoms with Gasteiger partial charge in [0.15, 0.2) is 0 Å².